The largest absolute Gasteiger partial charge is 0.366 e. The number of pyridine rings is 1. The number of nitrogens with two attached hydrogens (primary N) is 3. The quantitative estimate of drug-likeness (QED) is 0.577. The van der Waals surface area contributed by atoms with E-state index in [1.807, 2.05) is 37.4 Å². The molecule has 6 rings (SSSR count). The van der Waals surface area contributed by atoms with Crippen LogP contribution in [0.3, 0.4) is 0 Å². The SMILES string of the molecule is CC(=[NH2+])C1=C([NH2+]CC23CCC(N)(CC2)CC3)CCN(c2ccnc(-c3ccc(C#N)cc3)c2)C1. The fourth-order valence-corrected chi connectivity index (χ4v) is 6.03. The van der Waals surface area contributed by atoms with E-state index in [9.17, 15) is 0 Å². The Morgan fingerprint density at radius 3 is 2.50 bits per heavy atom. The van der Waals surface area contributed by atoms with E-state index in [2.05, 4.69) is 33.4 Å². The van der Waals surface area contributed by atoms with Crippen LogP contribution in [0.25, 0.3) is 11.3 Å². The van der Waals surface area contributed by atoms with Crippen LogP contribution in [0.15, 0.2) is 53.9 Å². The van der Waals surface area contributed by atoms with Crippen molar-refractivity contribution in [3.63, 3.8) is 0 Å². The first kappa shape index (κ1) is 22.8. The summed E-state index contributed by atoms with van der Waals surface area (Å²) in [5.74, 6) is 0. The van der Waals surface area contributed by atoms with E-state index < -0.39 is 0 Å². The number of aromatic nitrogens is 1. The number of nitrogens with zero attached hydrogens (tertiary/aromatic N) is 3. The van der Waals surface area contributed by atoms with Crippen molar-refractivity contribution in [3.05, 3.63) is 59.4 Å². The van der Waals surface area contributed by atoms with Crippen molar-refractivity contribution < 1.29 is 10.7 Å². The van der Waals surface area contributed by atoms with E-state index in [1.54, 1.807) is 0 Å². The van der Waals surface area contributed by atoms with E-state index in [1.165, 1.54) is 49.8 Å². The molecule has 1 aromatic heterocycles. The van der Waals surface area contributed by atoms with Crippen molar-refractivity contribution in [1.29, 1.82) is 5.26 Å². The van der Waals surface area contributed by atoms with E-state index in [4.69, 9.17) is 16.4 Å². The molecule has 176 valence electrons. The topological polar surface area (TPSA) is 108 Å². The van der Waals surface area contributed by atoms with Crippen LogP contribution in [0.4, 0.5) is 5.69 Å². The van der Waals surface area contributed by atoms with Gasteiger partial charge in [0.1, 0.15) is 5.70 Å². The predicted molar refractivity (Wildman–Crippen MR) is 135 cm³/mol. The number of hydrogen-bond acceptors (Lipinski definition) is 4. The van der Waals surface area contributed by atoms with Gasteiger partial charge >= 0.3 is 0 Å². The monoisotopic (exact) mass is 456 g/mol. The fraction of sp³-hybridized carbons (Fsp3) is 0.464. The van der Waals surface area contributed by atoms with Gasteiger partial charge in [0.15, 0.2) is 5.71 Å². The van der Waals surface area contributed by atoms with Gasteiger partial charge in [-0.15, -0.1) is 0 Å². The highest BCUT2D eigenvalue weighted by molar-refractivity contribution is 5.95. The highest BCUT2D eigenvalue weighted by Gasteiger charge is 2.47. The third kappa shape index (κ3) is 4.51. The summed E-state index contributed by atoms with van der Waals surface area (Å²) >= 11 is 0. The van der Waals surface area contributed by atoms with Gasteiger partial charge in [-0.2, -0.15) is 5.26 Å². The van der Waals surface area contributed by atoms with Crippen LogP contribution < -0.4 is 21.4 Å². The standard InChI is InChI=1S/C28H34N6/c1-20(30)24-18-34(23-6-14-32-26(16-23)22-4-2-21(17-29)3-5-22)15-7-25(24)33-19-27-8-11-28(31,12-9-27)13-10-27/h2-6,14,16,30,33H,7-13,15,18-19,31H2,1H3/p+2. The average molecular weight is 457 g/mol. The number of fused-ring (bicyclic) bond motifs is 3. The van der Waals surface area contributed by atoms with Crippen LogP contribution >= 0.6 is 0 Å². The summed E-state index contributed by atoms with van der Waals surface area (Å²) in [6.07, 6.45) is 10.3. The lowest BCUT2D eigenvalue weighted by molar-refractivity contribution is -0.624. The van der Waals surface area contributed by atoms with Crippen molar-refractivity contribution >= 4 is 11.4 Å². The lowest BCUT2D eigenvalue weighted by Gasteiger charge is -2.51. The van der Waals surface area contributed by atoms with Crippen LogP contribution in [-0.2, 0) is 0 Å². The van der Waals surface area contributed by atoms with Crippen molar-refractivity contribution in [2.75, 3.05) is 24.5 Å². The summed E-state index contributed by atoms with van der Waals surface area (Å²) in [5, 5.41) is 18.0. The molecule has 3 aliphatic carbocycles. The molecule has 2 heterocycles. The maximum atomic E-state index is 9.06. The molecule has 0 saturated heterocycles. The van der Waals surface area contributed by atoms with Crippen LogP contribution in [0.2, 0.25) is 0 Å². The Hall–Kier alpha value is -3.01. The molecule has 0 unspecified atom stereocenters. The van der Waals surface area contributed by atoms with Gasteiger partial charge in [-0.05, 0) is 62.8 Å². The Kier molecular flexibility index (Phi) is 6.01. The predicted octanol–water partition coefficient (Wildman–Crippen LogP) is 1.92. The summed E-state index contributed by atoms with van der Waals surface area (Å²) in [5.41, 5.74) is 14.5. The Labute approximate surface area is 202 Å². The Morgan fingerprint density at radius 1 is 1.15 bits per heavy atom. The molecule has 1 aliphatic heterocycles. The number of quaternary nitrogens is 1. The molecule has 1 aromatic carbocycles. The van der Waals surface area contributed by atoms with Crippen LogP contribution in [-0.4, -0.2) is 35.9 Å². The minimum Gasteiger partial charge on any atom is -0.366 e. The van der Waals surface area contributed by atoms with Gasteiger partial charge in [-0.25, -0.2) is 0 Å². The molecule has 0 radical (unpaired) electrons. The first-order valence-electron chi connectivity index (χ1n) is 12.5. The second-order valence-electron chi connectivity index (χ2n) is 10.7. The summed E-state index contributed by atoms with van der Waals surface area (Å²) in [7, 11) is 0. The number of rotatable bonds is 6. The summed E-state index contributed by atoms with van der Waals surface area (Å²) < 4.78 is 0. The van der Waals surface area contributed by atoms with Crippen molar-refractivity contribution in [2.24, 2.45) is 11.1 Å². The molecule has 0 atom stereocenters. The number of benzene rings is 1. The zero-order valence-electron chi connectivity index (χ0n) is 20.2. The van der Waals surface area contributed by atoms with Gasteiger partial charge in [0.05, 0.1) is 36.0 Å². The van der Waals surface area contributed by atoms with Gasteiger partial charge in [0, 0.05) is 48.3 Å². The third-order valence-corrected chi connectivity index (χ3v) is 8.52. The summed E-state index contributed by atoms with van der Waals surface area (Å²) in [6.45, 7) is 4.99. The summed E-state index contributed by atoms with van der Waals surface area (Å²) in [6, 6.07) is 14.0. The molecule has 34 heavy (non-hydrogen) atoms. The fourth-order valence-electron chi connectivity index (χ4n) is 6.03. The highest BCUT2D eigenvalue weighted by atomic mass is 15.1. The lowest BCUT2D eigenvalue weighted by Crippen LogP contribution is -2.87. The molecule has 3 fully saturated rings. The second kappa shape index (κ2) is 8.98. The smallest absolute Gasteiger partial charge is 0.180 e. The molecular formula is C28H36N6+2. The van der Waals surface area contributed by atoms with Gasteiger partial charge in [0.25, 0.3) is 0 Å². The molecule has 4 aliphatic rings. The Balaban J connectivity index is 1.31. The van der Waals surface area contributed by atoms with Crippen molar-refractivity contribution in [2.45, 2.75) is 57.4 Å². The molecule has 6 heteroatoms. The minimum atomic E-state index is 0.125. The lowest BCUT2D eigenvalue weighted by atomic mass is 9.57. The molecule has 0 amide bonds. The average Bonchev–Trinajstić information content (AvgIpc) is 2.88. The van der Waals surface area contributed by atoms with E-state index in [0.29, 0.717) is 11.0 Å². The number of anilines is 1. The van der Waals surface area contributed by atoms with Gasteiger partial charge < -0.3 is 16.0 Å². The van der Waals surface area contributed by atoms with Gasteiger partial charge in [-0.1, -0.05) is 12.1 Å². The third-order valence-electron chi connectivity index (χ3n) is 8.52. The zero-order valence-corrected chi connectivity index (χ0v) is 20.2. The normalized spacial score (nSPS) is 26.4. The summed E-state index contributed by atoms with van der Waals surface area (Å²) in [4.78, 5) is 6.97. The van der Waals surface area contributed by atoms with Crippen LogP contribution in [0.1, 0.15) is 57.4 Å². The van der Waals surface area contributed by atoms with Gasteiger partial charge in [0.2, 0.25) is 0 Å². The molecular weight excluding hydrogens is 420 g/mol. The first-order chi connectivity index (χ1) is 16.4. The molecule has 6 N–H and O–H groups in total. The second-order valence-corrected chi connectivity index (χ2v) is 10.7. The molecule has 6 nitrogen and oxygen atoms in total. The zero-order chi connectivity index (χ0) is 23.8. The molecule has 3 saturated carbocycles. The highest BCUT2D eigenvalue weighted by Crippen LogP contribution is 2.50. The first-order valence-corrected chi connectivity index (χ1v) is 12.5. The minimum absolute atomic E-state index is 0.125. The molecule has 0 spiro atoms. The Morgan fingerprint density at radius 2 is 1.85 bits per heavy atom. The maximum absolute atomic E-state index is 9.06. The molecule has 2 bridgehead atoms. The Bertz CT molecular complexity index is 1130. The molecule has 2 aromatic rings. The maximum Gasteiger partial charge on any atom is 0.180 e. The van der Waals surface area contributed by atoms with E-state index >= 15 is 0 Å². The van der Waals surface area contributed by atoms with Crippen LogP contribution in [0, 0.1) is 16.7 Å². The van der Waals surface area contributed by atoms with E-state index in [-0.39, 0.29) is 5.54 Å². The van der Waals surface area contributed by atoms with Crippen LogP contribution in [0.5, 0.6) is 0 Å². The van der Waals surface area contributed by atoms with Crippen molar-refractivity contribution in [3.8, 4) is 17.3 Å². The van der Waals surface area contributed by atoms with Gasteiger partial charge in [-0.3, -0.25) is 10.4 Å². The number of nitriles is 1. The van der Waals surface area contributed by atoms with Crippen molar-refractivity contribution in [1.82, 2.24) is 4.98 Å². The van der Waals surface area contributed by atoms with E-state index in [0.717, 1.165) is 48.7 Å². The number of hydrogen-bond donors (Lipinski definition) is 3.